The zero-order chi connectivity index (χ0) is 18.9. The van der Waals surface area contributed by atoms with Crippen molar-refractivity contribution in [2.75, 3.05) is 12.9 Å². The highest BCUT2D eigenvalue weighted by atomic mass is 32.2. The predicted octanol–water partition coefficient (Wildman–Crippen LogP) is 1.81. The van der Waals surface area contributed by atoms with Crippen LogP contribution in [0.3, 0.4) is 0 Å². The molecular formula is C18H19N3O4S. The maximum atomic E-state index is 12.4. The van der Waals surface area contributed by atoms with Crippen LogP contribution in [0.15, 0.2) is 35.9 Å². The van der Waals surface area contributed by atoms with Gasteiger partial charge in [-0.1, -0.05) is 12.1 Å². The molecule has 0 bridgehead atoms. The van der Waals surface area contributed by atoms with E-state index in [0.29, 0.717) is 5.82 Å². The van der Waals surface area contributed by atoms with Crippen LogP contribution in [0.5, 0.6) is 5.88 Å². The summed E-state index contributed by atoms with van der Waals surface area (Å²) < 4.78 is 28.1. The molecule has 1 atom stereocenters. The molecule has 0 aliphatic carbocycles. The van der Waals surface area contributed by atoms with Gasteiger partial charge in [0.25, 0.3) is 5.91 Å². The number of nitrogens with zero attached hydrogens (tertiary/aromatic N) is 2. The zero-order valence-electron chi connectivity index (χ0n) is 14.7. The highest BCUT2D eigenvalue weighted by Gasteiger charge is 2.25. The number of benzene rings is 1. The number of aromatic nitrogens is 2. The molecule has 1 aromatic heterocycles. The lowest BCUT2D eigenvalue weighted by Gasteiger charge is -2.12. The molecule has 3 rings (SSSR count). The van der Waals surface area contributed by atoms with Gasteiger partial charge in [0.05, 0.1) is 18.9 Å². The smallest absolute Gasteiger partial charge is 0.258 e. The molecular weight excluding hydrogens is 354 g/mol. The maximum absolute atomic E-state index is 12.4. The Morgan fingerprint density at radius 2 is 2.04 bits per heavy atom. The molecule has 2 heterocycles. The first-order chi connectivity index (χ1) is 12.3. The third-order valence-corrected chi connectivity index (χ3v) is 5.60. The van der Waals surface area contributed by atoms with Crippen molar-refractivity contribution in [3.63, 3.8) is 0 Å². The SMILES string of the molecule is COc1nc(-c2ccc(C)c(C)c2)ncc1C(=O)NC1C=CS(=O)(=O)C1. The van der Waals surface area contributed by atoms with E-state index in [9.17, 15) is 13.2 Å². The fourth-order valence-corrected chi connectivity index (χ4v) is 3.84. The molecule has 0 fully saturated rings. The number of hydrogen-bond acceptors (Lipinski definition) is 6. The van der Waals surface area contributed by atoms with E-state index in [-0.39, 0.29) is 17.2 Å². The van der Waals surface area contributed by atoms with Gasteiger partial charge in [0.15, 0.2) is 15.7 Å². The molecule has 1 aliphatic rings. The minimum Gasteiger partial charge on any atom is -0.480 e. The largest absolute Gasteiger partial charge is 0.480 e. The van der Waals surface area contributed by atoms with Crippen molar-refractivity contribution >= 4 is 15.7 Å². The summed E-state index contributed by atoms with van der Waals surface area (Å²) in [5.74, 6) is -0.0523. The second-order valence-electron chi connectivity index (χ2n) is 6.15. The summed E-state index contributed by atoms with van der Waals surface area (Å²) >= 11 is 0. The quantitative estimate of drug-likeness (QED) is 0.878. The van der Waals surface area contributed by atoms with Gasteiger partial charge in [-0.15, -0.1) is 0 Å². The van der Waals surface area contributed by atoms with Crippen molar-refractivity contribution in [2.24, 2.45) is 0 Å². The number of rotatable bonds is 4. The average molecular weight is 373 g/mol. The Morgan fingerprint density at radius 3 is 2.65 bits per heavy atom. The van der Waals surface area contributed by atoms with E-state index in [1.807, 2.05) is 32.0 Å². The summed E-state index contributed by atoms with van der Waals surface area (Å²) in [5, 5.41) is 3.74. The zero-order valence-corrected chi connectivity index (χ0v) is 15.5. The highest BCUT2D eigenvalue weighted by molar-refractivity contribution is 7.94. The van der Waals surface area contributed by atoms with Gasteiger partial charge >= 0.3 is 0 Å². The number of sulfone groups is 1. The van der Waals surface area contributed by atoms with Crippen molar-refractivity contribution < 1.29 is 17.9 Å². The maximum Gasteiger partial charge on any atom is 0.258 e. The normalized spacial score (nSPS) is 17.9. The lowest BCUT2D eigenvalue weighted by atomic mass is 10.1. The van der Waals surface area contributed by atoms with E-state index in [4.69, 9.17) is 4.74 Å². The number of amides is 1. The number of carbonyl (C=O) groups excluding carboxylic acids is 1. The second kappa shape index (κ2) is 6.87. The Balaban J connectivity index is 1.86. The van der Waals surface area contributed by atoms with Crippen LogP contribution in [0.1, 0.15) is 21.5 Å². The van der Waals surface area contributed by atoms with Crippen LogP contribution in [-0.2, 0) is 9.84 Å². The molecule has 0 radical (unpaired) electrons. The van der Waals surface area contributed by atoms with Gasteiger partial charge in [0, 0.05) is 17.2 Å². The molecule has 26 heavy (non-hydrogen) atoms. The van der Waals surface area contributed by atoms with E-state index in [2.05, 4.69) is 15.3 Å². The number of methoxy groups -OCH3 is 1. The Labute approximate surface area is 152 Å². The Morgan fingerprint density at radius 1 is 1.27 bits per heavy atom. The third kappa shape index (κ3) is 3.75. The Kier molecular flexibility index (Phi) is 4.78. The number of ether oxygens (including phenoxy) is 1. The lowest BCUT2D eigenvalue weighted by molar-refractivity contribution is 0.0943. The summed E-state index contributed by atoms with van der Waals surface area (Å²) in [7, 11) is -1.83. The van der Waals surface area contributed by atoms with Crippen LogP contribution in [0, 0.1) is 13.8 Å². The molecule has 0 saturated carbocycles. The molecule has 0 spiro atoms. The van der Waals surface area contributed by atoms with Crippen molar-refractivity contribution in [2.45, 2.75) is 19.9 Å². The number of nitrogens with one attached hydrogen (secondary N) is 1. The number of hydrogen-bond donors (Lipinski definition) is 1. The summed E-state index contributed by atoms with van der Waals surface area (Å²) in [5.41, 5.74) is 3.25. The van der Waals surface area contributed by atoms with Crippen LogP contribution in [0.25, 0.3) is 11.4 Å². The number of aryl methyl sites for hydroxylation is 2. The topological polar surface area (TPSA) is 98.2 Å². The molecule has 1 unspecified atom stereocenters. The van der Waals surface area contributed by atoms with Crippen LogP contribution in [-0.4, -0.2) is 43.2 Å². The van der Waals surface area contributed by atoms with Crippen molar-refractivity contribution in [3.8, 4) is 17.3 Å². The van der Waals surface area contributed by atoms with Crippen molar-refractivity contribution in [1.29, 1.82) is 0 Å². The van der Waals surface area contributed by atoms with Gasteiger partial charge < -0.3 is 10.1 Å². The monoisotopic (exact) mass is 373 g/mol. The van der Waals surface area contributed by atoms with Crippen LogP contribution in [0.4, 0.5) is 0 Å². The predicted molar refractivity (Wildman–Crippen MR) is 97.7 cm³/mol. The Bertz CT molecular complexity index is 999. The first-order valence-electron chi connectivity index (χ1n) is 7.99. The van der Waals surface area contributed by atoms with Gasteiger partial charge in [-0.25, -0.2) is 13.4 Å². The van der Waals surface area contributed by atoms with E-state index in [0.717, 1.165) is 22.1 Å². The van der Waals surface area contributed by atoms with Crippen LogP contribution >= 0.6 is 0 Å². The molecule has 1 aromatic carbocycles. The summed E-state index contributed by atoms with van der Waals surface area (Å²) in [4.78, 5) is 21.0. The minimum absolute atomic E-state index is 0.135. The minimum atomic E-state index is -3.25. The summed E-state index contributed by atoms with van der Waals surface area (Å²) in [6, 6.07) is 5.29. The van der Waals surface area contributed by atoms with Crippen molar-refractivity contribution in [1.82, 2.24) is 15.3 Å². The van der Waals surface area contributed by atoms with Gasteiger partial charge in [0.2, 0.25) is 5.88 Å². The van der Waals surface area contributed by atoms with E-state index >= 15 is 0 Å². The molecule has 1 N–H and O–H groups in total. The van der Waals surface area contributed by atoms with E-state index in [1.165, 1.54) is 19.4 Å². The molecule has 136 valence electrons. The Hall–Kier alpha value is -2.74. The second-order valence-corrected chi connectivity index (χ2v) is 8.08. The molecule has 1 amide bonds. The summed E-state index contributed by atoms with van der Waals surface area (Å²) in [6.07, 6.45) is 2.84. The standard InChI is InChI=1S/C18H19N3O4S/c1-11-4-5-13(8-12(11)2)16-19-9-15(18(21-16)25-3)17(22)20-14-6-7-26(23,24)10-14/h4-9,14H,10H2,1-3H3,(H,20,22). The molecule has 2 aromatic rings. The van der Waals surface area contributed by atoms with E-state index < -0.39 is 21.8 Å². The van der Waals surface area contributed by atoms with Gasteiger partial charge in [-0.3, -0.25) is 4.79 Å². The van der Waals surface area contributed by atoms with Gasteiger partial charge in [-0.2, -0.15) is 4.98 Å². The fourth-order valence-electron chi connectivity index (χ4n) is 2.61. The molecule has 7 nitrogen and oxygen atoms in total. The lowest BCUT2D eigenvalue weighted by Crippen LogP contribution is -2.35. The average Bonchev–Trinajstić information content (AvgIpc) is 2.95. The molecule has 1 aliphatic heterocycles. The van der Waals surface area contributed by atoms with Crippen LogP contribution in [0.2, 0.25) is 0 Å². The molecule has 0 saturated heterocycles. The highest BCUT2D eigenvalue weighted by Crippen LogP contribution is 2.23. The van der Waals surface area contributed by atoms with Gasteiger partial charge in [-0.05, 0) is 37.1 Å². The summed E-state index contributed by atoms with van der Waals surface area (Å²) in [6.45, 7) is 4.02. The third-order valence-electron chi connectivity index (χ3n) is 4.20. The van der Waals surface area contributed by atoms with Crippen LogP contribution < -0.4 is 10.1 Å². The fraction of sp³-hybridized carbons (Fsp3) is 0.278. The van der Waals surface area contributed by atoms with Crippen molar-refractivity contribution in [3.05, 3.63) is 52.6 Å². The number of carbonyl (C=O) groups is 1. The van der Waals surface area contributed by atoms with Gasteiger partial charge in [0.1, 0.15) is 5.56 Å². The molecule has 8 heteroatoms. The first kappa shape index (κ1) is 18.1. The van der Waals surface area contributed by atoms with E-state index in [1.54, 1.807) is 0 Å². The first-order valence-corrected chi connectivity index (χ1v) is 9.71.